The molecule has 20 heavy (non-hydrogen) atoms. The van der Waals surface area contributed by atoms with Crippen LogP contribution in [0.25, 0.3) is 0 Å². The van der Waals surface area contributed by atoms with E-state index < -0.39 is 0 Å². The van der Waals surface area contributed by atoms with E-state index in [9.17, 15) is 0 Å². The number of hydrogen-bond acceptors (Lipinski definition) is 2. The Balaban J connectivity index is 1.89. The molecule has 1 aromatic heterocycles. The average Bonchev–Trinajstić information content (AvgIpc) is 2.92. The second kappa shape index (κ2) is 7.30. The van der Waals surface area contributed by atoms with E-state index >= 15 is 0 Å². The zero-order chi connectivity index (χ0) is 14.4. The molecular weight excluding hydrogens is 246 g/mol. The normalized spacial score (nSPS) is 14.4. The highest BCUT2D eigenvalue weighted by Gasteiger charge is 2.16. The van der Waals surface area contributed by atoms with Crippen LogP contribution in [0, 0.1) is 5.92 Å². The highest BCUT2D eigenvalue weighted by Crippen LogP contribution is 2.23. The van der Waals surface area contributed by atoms with Gasteiger partial charge in [0.05, 0.1) is 6.26 Å². The third-order valence-electron chi connectivity index (χ3n) is 3.81. The first-order valence-electron chi connectivity index (χ1n) is 7.47. The Kier molecular flexibility index (Phi) is 5.42. The maximum absolute atomic E-state index is 5.40. The molecule has 0 aliphatic carbocycles. The maximum atomic E-state index is 5.40. The Morgan fingerprint density at radius 1 is 1.00 bits per heavy atom. The lowest BCUT2D eigenvalue weighted by Crippen LogP contribution is -2.33. The fourth-order valence-corrected chi connectivity index (χ4v) is 2.57. The van der Waals surface area contributed by atoms with Crippen LogP contribution in [0.15, 0.2) is 53.1 Å². The number of furan rings is 1. The lowest BCUT2D eigenvalue weighted by atomic mass is 9.88. The summed E-state index contributed by atoms with van der Waals surface area (Å²) < 4.78 is 5.40. The molecule has 1 N–H and O–H groups in total. The Morgan fingerprint density at radius 3 is 2.35 bits per heavy atom. The van der Waals surface area contributed by atoms with Crippen LogP contribution in [0.1, 0.15) is 38.0 Å². The van der Waals surface area contributed by atoms with E-state index in [-0.39, 0.29) is 0 Å². The van der Waals surface area contributed by atoms with Gasteiger partial charge >= 0.3 is 0 Å². The minimum Gasteiger partial charge on any atom is -0.469 e. The van der Waals surface area contributed by atoms with Crippen molar-refractivity contribution in [3.8, 4) is 0 Å². The van der Waals surface area contributed by atoms with Gasteiger partial charge in [-0.1, -0.05) is 44.2 Å². The van der Waals surface area contributed by atoms with Gasteiger partial charge in [-0.25, -0.2) is 0 Å². The van der Waals surface area contributed by atoms with Crippen LogP contribution in [0.5, 0.6) is 0 Å². The van der Waals surface area contributed by atoms with Crippen LogP contribution >= 0.6 is 0 Å². The van der Waals surface area contributed by atoms with E-state index in [1.165, 1.54) is 5.56 Å². The van der Waals surface area contributed by atoms with Crippen molar-refractivity contribution in [1.29, 1.82) is 0 Å². The van der Waals surface area contributed by atoms with E-state index in [1.807, 2.05) is 12.1 Å². The van der Waals surface area contributed by atoms with Crippen LogP contribution in [-0.4, -0.2) is 12.6 Å². The molecule has 1 aromatic carbocycles. The van der Waals surface area contributed by atoms with Gasteiger partial charge in [0, 0.05) is 19.0 Å². The first kappa shape index (κ1) is 14.9. The van der Waals surface area contributed by atoms with E-state index in [2.05, 4.69) is 56.4 Å². The monoisotopic (exact) mass is 271 g/mol. The molecule has 0 bridgehead atoms. The molecule has 1 heterocycles. The van der Waals surface area contributed by atoms with Gasteiger partial charge < -0.3 is 9.73 Å². The quantitative estimate of drug-likeness (QED) is 0.815. The molecule has 2 rings (SSSR count). The van der Waals surface area contributed by atoms with E-state index in [0.29, 0.717) is 17.9 Å². The largest absolute Gasteiger partial charge is 0.469 e. The molecule has 2 heteroatoms. The molecule has 2 atom stereocenters. The molecule has 2 aromatic rings. The van der Waals surface area contributed by atoms with Crippen molar-refractivity contribution < 1.29 is 4.42 Å². The Labute approximate surface area is 122 Å². The van der Waals surface area contributed by atoms with Crippen molar-refractivity contribution in [2.75, 3.05) is 6.54 Å². The standard InChI is InChI=1S/C18H25NO/c1-14(2)18(16-8-5-4-6-9-16)13-19-15(3)12-17-10-7-11-20-17/h4-11,14-15,18-19H,12-13H2,1-3H3. The Hall–Kier alpha value is -1.54. The fourth-order valence-electron chi connectivity index (χ4n) is 2.57. The van der Waals surface area contributed by atoms with Gasteiger partial charge in [0.2, 0.25) is 0 Å². The second-order valence-corrected chi connectivity index (χ2v) is 5.85. The topological polar surface area (TPSA) is 25.2 Å². The summed E-state index contributed by atoms with van der Waals surface area (Å²) >= 11 is 0. The minimum atomic E-state index is 0.422. The summed E-state index contributed by atoms with van der Waals surface area (Å²) in [5.41, 5.74) is 1.42. The zero-order valence-electron chi connectivity index (χ0n) is 12.7. The van der Waals surface area contributed by atoms with Gasteiger partial charge in [-0.2, -0.15) is 0 Å². The van der Waals surface area contributed by atoms with Crippen molar-refractivity contribution in [3.63, 3.8) is 0 Å². The van der Waals surface area contributed by atoms with Gasteiger partial charge in [0.1, 0.15) is 5.76 Å². The average molecular weight is 271 g/mol. The minimum absolute atomic E-state index is 0.422. The SMILES string of the molecule is CC(Cc1ccco1)NCC(c1ccccc1)C(C)C. The van der Waals surface area contributed by atoms with Gasteiger partial charge in [-0.05, 0) is 36.5 Å². The third-order valence-corrected chi connectivity index (χ3v) is 3.81. The van der Waals surface area contributed by atoms with E-state index in [4.69, 9.17) is 4.42 Å². The molecule has 0 aliphatic rings. The molecular formula is C18H25NO. The van der Waals surface area contributed by atoms with E-state index in [0.717, 1.165) is 18.7 Å². The van der Waals surface area contributed by atoms with Crippen molar-refractivity contribution >= 4 is 0 Å². The van der Waals surface area contributed by atoms with Crippen LogP contribution in [0.4, 0.5) is 0 Å². The van der Waals surface area contributed by atoms with Gasteiger partial charge in [-0.3, -0.25) is 0 Å². The Bertz CT molecular complexity index is 475. The first-order valence-corrected chi connectivity index (χ1v) is 7.47. The molecule has 0 saturated heterocycles. The van der Waals surface area contributed by atoms with Crippen molar-refractivity contribution in [2.45, 2.75) is 39.2 Å². The fraction of sp³-hybridized carbons (Fsp3) is 0.444. The molecule has 108 valence electrons. The molecule has 0 saturated carbocycles. The van der Waals surface area contributed by atoms with Crippen LogP contribution in [0.3, 0.4) is 0 Å². The highest BCUT2D eigenvalue weighted by molar-refractivity contribution is 5.20. The molecule has 0 aliphatic heterocycles. The zero-order valence-corrected chi connectivity index (χ0v) is 12.7. The summed E-state index contributed by atoms with van der Waals surface area (Å²) in [4.78, 5) is 0. The van der Waals surface area contributed by atoms with Crippen molar-refractivity contribution in [2.24, 2.45) is 5.92 Å². The lowest BCUT2D eigenvalue weighted by molar-refractivity contribution is 0.410. The van der Waals surface area contributed by atoms with Crippen molar-refractivity contribution in [3.05, 3.63) is 60.1 Å². The summed E-state index contributed by atoms with van der Waals surface area (Å²) in [6.45, 7) is 7.79. The summed E-state index contributed by atoms with van der Waals surface area (Å²) in [5, 5.41) is 3.64. The van der Waals surface area contributed by atoms with E-state index in [1.54, 1.807) is 6.26 Å². The molecule has 2 nitrogen and oxygen atoms in total. The van der Waals surface area contributed by atoms with Gasteiger partial charge in [0.15, 0.2) is 0 Å². The summed E-state index contributed by atoms with van der Waals surface area (Å²) in [7, 11) is 0. The number of nitrogens with one attached hydrogen (secondary N) is 1. The smallest absolute Gasteiger partial charge is 0.105 e. The third kappa shape index (κ3) is 4.24. The molecule has 0 radical (unpaired) electrons. The van der Waals surface area contributed by atoms with Gasteiger partial charge in [0.25, 0.3) is 0 Å². The molecule has 2 unspecified atom stereocenters. The summed E-state index contributed by atoms with van der Waals surface area (Å²) in [5.74, 6) is 2.22. The second-order valence-electron chi connectivity index (χ2n) is 5.85. The highest BCUT2D eigenvalue weighted by atomic mass is 16.3. The molecule has 0 spiro atoms. The maximum Gasteiger partial charge on any atom is 0.105 e. The molecule has 0 fully saturated rings. The predicted octanol–water partition coefficient (Wildman–Crippen LogP) is 4.24. The summed E-state index contributed by atoms with van der Waals surface area (Å²) in [6.07, 6.45) is 2.68. The predicted molar refractivity (Wildman–Crippen MR) is 83.9 cm³/mol. The van der Waals surface area contributed by atoms with Crippen LogP contribution in [0.2, 0.25) is 0 Å². The number of benzene rings is 1. The number of hydrogen-bond donors (Lipinski definition) is 1. The van der Waals surface area contributed by atoms with Gasteiger partial charge in [-0.15, -0.1) is 0 Å². The Morgan fingerprint density at radius 2 is 1.75 bits per heavy atom. The number of rotatable bonds is 7. The van der Waals surface area contributed by atoms with Crippen molar-refractivity contribution in [1.82, 2.24) is 5.32 Å². The van der Waals surface area contributed by atoms with Crippen LogP contribution < -0.4 is 5.32 Å². The molecule has 0 amide bonds. The summed E-state index contributed by atoms with van der Waals surface area (Å²) in [6, 6.07) is 15.2. The van der Waals surface area contributed by atoms with Crippen LogP contribution in [-0.2, 0) is 6.42 Å². The lowest BCUT2D eigenvalue weighted by Gasteiger charge is -2.24. The first-order chi connectivity index (χ1) is 9.66.